The smallest absolute Gasteiger partial charge is 0.0771 e. The van der Waals surface area contributed by atoms with Crippen LogP contribution in [0.5, 0.6) is 0 Å². The zero-order valence-electron chi connectivity index (χ0n) is 9.47. The highest BCUT2D eigenvalue weighted by Crippen LogP contribution is 2.31. The van der Waals surface area contributed by atoms with Crippen LogP contribution in [-0.4, -0.2) is 34.5 Å². The summed E-state index contributed by atoms with van der Waals surface area (Å²) < 4.78 is 0. The fourth-order valence-electron chi connectivity index (χ4n) is 2.68. The minimum Gasteiger partial charge on any atom is -0.389 e. The normalized spacial score (nSPS) is 28.4. The average Bonchev–Trinajstić information content (AvgIpc) is 2.16. The van der Waals surface area contributed by atoms with Gasteiger partial charge in [0.05, 0.1) is 11.2 Å². The minimum atomic E-state index is -0.502. The van der Waals surface area contributed by atoms with Gasteiger partial charge in [0.25, 0.3) is 0 Å². The molecular formula is C12H23NO2. The molecule has 88 valence electrons. The van der Waals surface area contributed by atoms with E-state index in [4.69, 9.17) is 0 Å². The van der Waals surface area contributed by atoms with Crippen LogP contribution in [0.3, 0.4) is 0 Å². The molecule has 2 fully saturated rings. The van der Waals surface area contributed by atoms with Gasteiger partial charge in [0, 0.05) is 13.1 Å². The Balaban J connectivity index is 1.67. The monoisotopic (exact) mass is 213 g/mol. The Morgan fingerprint density at radius 3 is 1.60 bits per heavy atom. The predicted molar refractivity (Wildman–Crippen MR) is 59.7 cm³/mol. The Hall–Kier alpha value is -0.120. The highest BCUT2D eigenvalue weighted by atomic mass is 16.3. The molecule has 0 spiro atoms. The van der Waals surface area contributed by atoms with E-state index in [2.05, 4.69) is 5.32 Å². The van der Waals surface area contributed by atoms with Crippen molar-refractivity contribution in [3.05, 3.63) is 0 Å². The molecule has 3 N–H and O–H groups in total. The maximum Gasteiger partial charge on any atom is 0.0771 e. The fraction of sp³-hybridized carbons (Fsp3) is 1.00. The Morgan fingerprint density at radius 2 is 1.20 bits per heavy atom. The van der Waals surface area contributed by atoms with Gasteiger partial charge in [-0.15, -0.1) is 0 Å². The van der Waals surface area contributed by atoms with Crippen LogP contribution < -0.4 is 5.32 Å². The van der Waals surface area contributed by atoms with E-state index in [1.54, 1.807) is 0 Å². The van der Waals surface area contributed by atoms with Crippen LogP contribution in [0, 0.1) is 0 Å². The van der Waals surface area contributed by atoms with Gasteiger partial charge in [0.1, 0.15) is 0 Å². The maximum absolute atomic E-state index is 10.2. The largest absolute Gasteiger partial charge is 0.389 e. The lowest BCUT2D eigenvalue weighted by atomic mass is 9.80. The molecular weight excluding hydrogens is 190 g/mol. The van der Waals surface area contributed by atoms with Gasteiger partial charge in [-0.1, -0.05) is 19.3 Å². The first kappa shape index (κ1) is 11.4. The predicted octanol–water partition coefficient (Wildman–Crippen LogP) is 1.19. The second-order valence-electron chi connectivity index (χ2n) is 5.47. The average molecular weight is 213 g/mol. The van der Waals surface area contributed by atoms with E-state index in [0.717, 1.165) is 44.9 Å². The summed E-state index contributed by atoms with van der Waals surface area (Å²) in [5.74, 6) is 0. The molecule has 0 amide bonds. The molecule has 3 nitrogen and oxygen atoms in total. The third kappa shape index (κ3) is 2.92. The van der Waals surface area contributed by atoms with Crippen LogP contribution in [0.4, 0.5) is 0 Å². The standard InChI is InChI=1S/C12H23NO2/c14-11(5-2-1-3-6-11)9-13-10-12(15)7-4-8-12/h13-15H,1-10H2. The van der Waals surface area contributed by atoms with Crippen molar-refractivity contribution in [1.82, 2.24) is 5.32 Å². The number of rotatable bonds is 4. The number of hydrogen-bond donors (Lipinski definition) is 3. The van der Waals surface area contributed by atoms with Crippen LogP contribution in [0.15, 0.2) is 0 Å². The molecule has 0 aliphatic heterocycles. The summed E-state index contributed by atoms with van der Waals surface area (Å²) in [5.41, 5.74) is -0.969. The number of nitrogens with one attached hydrogen (secondary N) is 1. The molecule has 0 aromatic heterocycles. The lowest BCUT2D eigenvalue weighted by Crippen LogP contribution is -2.50. The Labute approximate surface area is 91.9 Å². The summed E-state index contributed by atoms with van der Waals surface area (Å²) in [4.78, 5) is 0. The number of aliphatic hydroxyl groups is 2. The van der Waals surface area contributed by atoms with Gasteiger partial charge in [-0.25, -0.2) is 0 Å². The molecule has 2 rings (SSSR count). The molecule has 0 atom stereocenters. The molecule has 0 saturated heterocycles. The van der Waals surface area contributed by atoms with E-state index in [1.165, 1.54) is 6.42 Å². The van der Waals surface area contributed by atoms with Crippen LogP contribution in [0.25, 0.3) is 0 Å². The molecule has 0 bridgehead atoms. The van der Waals surface area contributed by atoms with Gasteiger partial charge in [-0.2, -0.15) is 0 Å². The second-order valence-corrected chi connectivity index (χ2v) is 5.47. The molecule has 2 saturated carbocycles. The maximum atomic E-state index is 10.2. The van der Waals surface area contributed by atoms with Gasteiger partial charge in [0.2, 0.25) is 0 Å². The molecule has 0 aromatic rings. The topological polar surface area (TPSA) is 52.5 Å². The van der Waals surface area contributed by atoms with Crippen molar-refractivity contribution in [1.29, 1.82) is 0 Å². The SMILES string of the molecule is OC1(CNCC2(O)CCC2)CCCCC1. The second kappa shape index (κ2) is 4.40. The van der Waals surface area contributed by atoms with Crippen molar-refractivity contribution in [2.45, 2.75) is 62.6 Å². The highest BCUT2D eigenvalue weighted by molar-refractivity contribution is 4.91. The van der Waals surface area contributed by atoms with Gasteiger partial charge in [-0.05, 0) is 32.1 Å². The Bertz CT molecular complexity index is 208. The van der Waals surface area contributed by atoms with E-state index in [0.29, 0.717) is 13.1 Å². The molecule has 0 aromatic carbocycles. The molecule has 2 aliphatic carbocycles. The highest BCUT2D eigenvalue weighted by Gasteiger charge is 2.35. The van der Waals surface area contributed by atoms with Crippen molar-refractivity contribution >= 4 is 0 Å². The zero-order chi connectivity index (χ0) is 10.8. The lowest BCUT2D eigenvalue weighted by Gasteiger charge is -2.39. The van der Waals surface area contributed by atoms with Crippen molar-refractivity contribution in [2.24, 2.45) is 0 Å². The molecule has 3 heteroatoms. The first-order chi connectivity index (χ1) is 7.12. The molecule has 2 aliphatic rings. The van der Waals surface area contributed by atoms with Gasteiger partial charge >= 0.3 is 0 Å². The third-order valence-corrected chi connectivity index (χ3v) is 3.98. The first-order valence-corrected chi connectivity index (χ1v) is 6.28. The Kier molecular flexibility index (Phi) is 3.33. The fourth-order valence-corrected chi connectivity index (χ4v) is 2.68. The van der Waals surface area contributed by atoms with Crippen LogP contribution in [-0.2, 0) is 0 Å². The van der Waals surface area contributed by atoms with Crippen molar-refractivity contribution in [3.8, 4) is 0 Å². The van der Waals surface area contributed by atoms with Gasteiger partial charge < -0.3 is 15.5 Å². The number of hydrogen-bond acceptors (Lipinski definition) is 3. The Morgan fingerprint density at radius 1 is 0.733 bits per heavy atom. The molecule has 0 radical (unpaired) electrons. The first-order valence-electron chi connectivity index (χ1n) is 6.28. The summed E-state index contributed by atoms with van der Waals surface area (Å²) in [7, 11) is 0. The van der Waals surface area contributed by atoms with Gasteiger partial charge in [-0.3, -0.25) is 0 Å². The van der Waals surface area contributed by atoms with Crippen LogP contribution >= 0.6 is 0 Å². The van der Waals surface area contributed by atoms with E-state index >= 15 is 0 Å². The van der Waals surface area contributed by atoms with Crippen molar-refractivity contribution < 1.29 is 10.2 Å². The minimum absolute atomic E-state index is 0.467. The lowest BCUT2D eigenvalue weighted by molar-refractivity contribution is -0.0419. The molecule has 15 heavy (non-hydrogen) atoms. The van der Waals surface area contributed by atoms with Crippen LogP contribution in [0.1, 0.15) is 51.4 Å². The van der Waals surface area contributed by atoms with Crippen LogP contribution in [0.2, 0.25) is 0 Å². The van der Waals surface area contributed by atoms with Gasteiger partial charge in [0.15, 0.2) is 0 Å². The molecule has 0 unspecified atom stereocenters. The third-order valence-electron chi connectivity index (χ3n) is 3.98. The molecule has 0 heterocycles. The van der Waals surface area contributed by atoms with Crippen molar-refractivity contribution in [3.63, 3.8) is 0 Å². The summed E-state index contributed by atoms with van der Waals surface area (Å²) in [6.45, 7) is 1.30. The summed E-state index contributed by atoms with van der Waals surface area (Å²) >= 11 is 0. The van der Waals surface area contributed by atoms with E-state index in [-0.39, 0.29) is 0 Å². The summed E-state index contributed by atoms with van der Waals surface area (Å²) in [6.07, 6.45) is 8.34. The van der Waals surface area contributed by atoms with Crippen molar-refractivity contribution in [2.75, 3.05) is 13.1 Å². The van der Waals surface area contributed by atoms with E-state index < -0.39 is 11.2 Å². The summed E-state index contributed by atoms with van der Waals surface area (Å²) in [6, 6.07) is 0. The van der Waals surface area contributed by atoms with E-state index in [9.17, 15) is 10.2 Å². The van der Waals surface area contributed by atoms with E-state index in [1.807, 2.05) is 0 Å². The quantitative estimate of drug-likeness (QED) is 0.657. The zero-order valence-corrected chi connectivity index (χ0v) is 9.47. The summed E-state index contributed by atoms with van der Waals surface area (Å²) in [5, 5.41) is 23.3.